The largest absolute Gasteiger partial charge is 0.478 e. The number of rotatable bonds is 3. The van der Waals surface area contributed by atoms with Gasteiger partial charge in [-0.25, -0.2) is 11.4 Å². The molecule has 0 bridgehead atoms. The molecule has 0 saturated heterocycles. The molecular weight excluding hydrogens is 196 g/mol. The van der Waals surface area contributed by atoms with Gasteiger partial charge < -0.3 is 15.3 Å². The summed E-state index contributed by atoms with van der Waals surface area (Å²) in [5.74, 6) is -1.43. The van der Waals surface area contributed by atoms with E-state index in [1.165, 1.54) is 24.3 Å². The van der Waals surface area contributed by atoms with E-state index in [-0.39, 0.29) is 12.1 Å². The van der Waals surface area contributed by atoms with Gasteiger partial charge in [0.1, 0.15) is 0 Å². The Morgan fingerprint density at radius 1 is 1.33 bits per heavy atom. The first-order chi connectivity index (χ1) is 7.13. The van der Waals surface area contributed by atoms with Crippen LogP contribution in [0.25, 0.3) is 4.85 Å². The molecule has 2 N–H and O–H groups in total. The van der Waals surface area contributed by atoms with Crippen molar-refractivity contribution in [3.05, 3.63) is 41.2 Å². The first-order valence-corrected chi connectivity index (χ1v) is 4.10. The smallest absolute Gasteiger partial charge is 0.335 e. The predicted molar refractivity (Wildman–Crippen MR) is 53.5 cm³/mol. The highest BCUT2D eigenvalue weighted by molar-refractivity contribution is 5.94. The summed E-state index contributed by atoms with van der Waals surface area (Å²) in [5, 5.41) is 11.1. The number of nitrogens with one attached hydrogen (secondary N) is 1. The first kappa shape index (κ1) is 10.7. The summed E-state index contributed by atoms with van der Waals surface area (Å²) < 4.78 is 0. The number of benzene rings is 1. The number of anilines is 1. The highest BCUT2D eigenvalue weighted by atomic mass is 16.4. The fourth-order valence-electron chi connectivity index (χ4n) is 0.968. The molecular formula is C10H8N2O3. The van der Waals surface area contributed by atoms with Crippen LogP contribution in [0.3, 0.4) is 0 Å². The van der Waals surface area contributed by atoms with Crippen molar-refractivity contribution in [1.82, 2.24) is 0 Å². The molecule has 0 saturated carbocycles. The summed E-state index contributed by atoms with van der Waals surface area (Å²) >= 11 is 0. The summed E-state index contributed by atoms with van der Waals surface area (Å²) in [6.07, 6.45) is 0. The van der Waals surface area contributed by atoms with Gasteiger partial charge >= 0.3 is 11.9 Å². The Morgan fingerprint density at radius 3 is 2.40 bits per heavy atom. The summed E-state index contributed by atoms with van der Waals surface area (Å²) in [5.41, 5.74) is 0.631. The van der Waals surface area contributed by atoms with E-state index in [0.29, 0.717) is 5.69 Å². The third-order valence-electron chi connectivity index (χ3n) is 1.64. The van der Waals surface area contributed by atoms with Crippen LogP contribution in [-0.4, -0.2) is 23.5 Å². The molecule has 0 aliphatic heterocycles. The summed E-state index contributed by atoms with van der Waals surface area (Å²) in [6, 6.07) is 5.72. The van der Waals surface area contributed by atoms with Gasteiger partial charge in [0.15, 0.2) is 0 Å². The van der Waals surface area contributed by atoms with Gasteiger partial charge in [-0.3, -0.25) is 4.79 Å². The molecule has 0 spiro atoms. The van der Waals surface area contributed by atoms with E-state index in [2.05, 4.69) is 10.2 Å². The lowest BCUT2D eigenvalue weighted by atomic mass is 10.2. The minimum Gasteiger partial charge on any atom is -0.478 e. The van der Waals surface area contributed by atoms with E-state index >= 15 is 0 Å². The number of carboxylic acid groups (broad SMARTS) is 1. The van der Waals surface area contributed by atoms with Crippen molar-refractivity contribution in [2.24, 2.45) is 0 Å². The minimum atomic E-state index is -1.02. The molecule has 1 rings (SSSR count). The third kappa shape index (κ3) is 3.12. The van der Waals surface area contributed by atoms with E-state index in [0.717, 1.165) is 0 Å². The van der Waals surface area contributed by atoms with Gasteiger partial charge in [-0.1, -0.05) is 0 Å². The third-order valence-corrected chi connectivity index (χ3v) is 1.64. The number of hydrogen-bond donors (Lipinski definition) is 2. The normalized spacial score (nSPS) is 9.00. The maximum absolute atomic E-state index is 11.0. The monoisotopic (exact) mass is 204 g/mol. The molecule has 0 atom stereocenters. The van der Waals surface area contributed by atoms with Gasteiger partial charge in [-0.15, -0.1) is 0 Å². The van der Waals surface area contributed by atoms with Crippen LogP contribution in [0.1, 0.15) is 10.4 Å². The van der Waals surface area contributed by atoms with Crippen LogP contribution < -0.4 is 5.32 Å². The number of carbonyl (C=O) groups is 2. The van der Waals surface area contributed by atoms with Crippen LogP contribution in [-0.2, 0) is 4.79 Å². The van der Waals surface area contributed by atoms with Crippen molar-refractivity contribution in [3.63, 3.8) is 0 Å². The average molecular weight is 204 g/mol. The number of amides is 1. The highest BCUT2D eigenvalue weighted by Crippen LogP contribution is 2.09. The number of nitrogens with zero attached hydrogens (tertiary/aromatic N) is 1. The lowest BCUT2D eigenvalue weighted by molar-refractivity contribution is -0.114. The Bertz CT molecular complexity index is 417. The van der Waals surface area contributed by atoms with Gasteiger partial charge in [-0.2, -0.15) is 0 Å². The molecule has 76 valence electrons. The molecule has 1 aromatic carbocycles. The summed E-state index contributed by atoms with van der Waals surface area (Å²) in [7, 11) is 0. The molecule has 5 heteroatoms. The second-order valence-electron chi connectivity index (χ2n) is 2.75. The van der Waals surface area contributed by atoms with Gasteiger partial charge in [0.05, 0.1) is 5.56 Å². The van der Waals surface area contributed by atoms with E-state index in [1.54, 1.807) is 0 Å². The SMILES string of the molecule is [C-]#[N+]CC(=O)Nc1ccc(C(=O)O)cc1. The Kier molecular flexibility index (Phi) is 3.41. The average Bonchev–Trinajstić information content (AvgIpc) is 2.18. The van der Waals surface area contributed by atoms with Gasteiger partial charge in [0, 0.05) is 5.69 Å². The minimum absolute atomic E-state index is 0.151. The summed E-state index contributed by atoms with van der Waals surface area (Å²) in [6.45, 7) is 6.24. The number of hydrogen-bond acceptors (Lipinski definition) is 2. The van der Waals surface area contributed by atoms with Gasteiger partial charge in [0.25, 0.3) is 6.54 Å². The first-order valence-electron chi connectivity index (χ1n) is 4.10. The van der Waals surface area contributed by atoms with Crippen LogP contribution in [0.4, 0.5) is 5.69 Å². The van der Waals surface area contributed by atoms with Crippen molar-refractivity contribution in [2.45, 2.75) is 0 Å². The zero-order chi connectivity index (χ0) is 11.3. The van der Waals surface area contributed by atoms with Crippen molar-refractivity contribution in [1.29, 1.82) is 0 Å². The van der Waals surface area contributed by atoms with Crippen molar-refractivity contribution in [2.75, 3.05) is 11.9 Å². The van der Waals surface area contributed by atoms with Crippen molar-refractivity contribution >= 4 is 17.6 Å². The number of carbonyl (C=O) groups excluding carboxylic acids is 1. The van der Waals surface area contributed by atoms with Crippen LogP contribution in [0, 0.1) is 6.57 Å². The molecule has 5 nitrogen and oxygen atoms in total. The van der Waals surface area contributed by atoms with Crippen LogP contribution in [0.15, 0.2) is 24.3 Å². The van der Waals surface area contributed by atoms with E-state index < -0.39 is 11.9 Å². The zero-order valence-corrected chi connectivity index (χ0v) is 7.73. The Balaban J connectivity index is 2.69. The molecule has 0 radical (unpaired) electrons. The standard InChI is InChI=1S/C10H8N2O3/c1-11-6-9(13)12-8-4-2-7(3-5-8)10(14)15/h2-5H,6H2,(H,12,13)(H,14,15). The fraction of sp³-hybridized carbons (Fsp3) is 0.100. The molecule has 0 unspecified atom stereocenters. The molecule has 0 fully saturated rings. The quantitative estimate of drug-likeness (QED) is 0.727. The molecule has 0 aliphatic carbocycles. The molecule has 0 aromatic heterocycles. The maximum atomic E-state index is 11.0. The second-order valence-corrected chi connectivity index (χ2v) is 2.75. The van der Waals surface area contributed by atoms with Crippen LogP contribution in [0.2, 0.25) is 0 Å². The Morgan fingerprint density at radius 2 is 1.93 bits per heavy atom. The molecule has 0 heterocycles. The molecule has 15 heavy (non-hydrogen) atoms. The van der Waals surface area contributed by atoms with Crippen LogP contribution >= 0.6 is 0 Å². The lowest BCUT2D eigenvalue weighted by Crippen LogP contribution is -2.13. The summed E-state index contributed by atoms with van der Waals surface area (Å²) in [4.78, 5) is 24.4. The topological polar surface area (TPSA) is 70.8 Å². The zero-order valence-electron chi connectivity index (χ0n) is 7.73. The van der Waals surface area contributed by atoms with Gasteiger partial charge in [0.2, 0.25) is 0 Å². The molecule has 1 aromatic rings. The predicted octanol–water partition coefficient (Wildman–Crippen LogP) is 1.24. The molecule has 0 aliphatic rings. The molecule has 1 amide bonds. The maximum Gasteiger partial charge on any atom is 0.335 e. The van der Waals surface area contributed by atoms with E-state index in [9.17, 15) is 9.59 Å². The Labute approximate surface area is 86.2 Å². The van der Waals surface area contributed by atoms with Gasteiger partial charge in [-0.05, 0) is 24.3 Å². The van der Waals surface area contributed by atoms with Crippen molar-refractivity contribution < 1.29 is 14.7 Å². The number of aromatic carboxylic acids is 1. The fourth-order valence-corrected chi connectivity index (χ4v) is 0.968. The van der Waals surface area contributed by atoms with E-state index in [1.807, 2.05) is 0 Å². The lowest BCUT2D eigenvalue weighted by Gasteiger charge is -2.01. The van der Waals surface area contributed by atoms with Crippen molar-refractivity contribution in [3.8, 4) is 0 Å². The highest BCUT2D eigenvalue weighted by Gasteiger charge is 2.05. The number of carboxylic acids is 1. The van der Waals surface area contributed by atoms with E-state index in [4.69, 9.17) is 11.7 Å². The Hall–Kier alpha value is -2.35. The van der Waals surface area contributed by atoms with Crippen LogP contribution in [0.5, 0.6) is 0 Å². The second kappa shape index (κ2) is 4.77.